The number of carbonyl (C=O) groups is 1. The van der Waals surface area contributed by atoms with Crippen LogP contribution in [0, 0.1) is 5.92 Å². The number of halogens is 4. The smallest absolute Gasteiger partial charge is 0.405 e. The summed E-state index contributed by atoms with van der Waals surface area (Å²) in [5, 5.41) is 3.30. The number of nitrogens with one attached hydrogen (secondary N) is 1. The average molecular weight is 407 g/mol. The van der Waals surface area contributed by atoms with Gasteiger partial charge in [-0.2, -0.15) is 0 Å². The van der Waals surface area contributed by atoms with Crippen molar-refractivity contribution in [1.29, 1.82) is 0 Å². The molecule has 1 aromatic rings. The number of ether oxygens (including phenoxy) is 1. The Bertz CT molecular complexity index is 636. The Kier molecular flexibility index (Phi) is 7.40. The first kappa shape index (κ1) is 21.8. The summed E-state index contributed by atoms with van der Waals surface area (Å²) in [6, 6.07) is 6.39. The Morgan fingerprint density at radius 2 is 1.93 bits per heavy atom. The molecule has 1 amide bonds. The van der Waals surface area contributed by atoms with Gasteiger partial charge in [-0.3, -0.25) is 4.79 Å². The Labute approximate surface area is 163 Å². The van der Waals surface area contributed by atoms with Crippen molar-refractivity contribution in [2.75, 3.05) is 19.6 Å². The van der Waals surface area contributed by atoms with E-state index in [0.717, 1.165) is 32.4 Å². The average Bonchev–Trinajstić information content (AvgIpc) is 3.39. The summed E-state index contributed by atoms with van der Waals surface area (Å²) in [7, 11) is 0. The van der Waals surface area contributed by atoms with Crippen molar-refractivity contribution in [3.05, 3.63) is 29.8 Å². The molecule has 2 fully saturated rings. The zero-order chi connectivity index (χ0) is 18.7. The van der Waals surface area contributed by atoms with Crippen molar-refractivity contribution < 1.29 is 22.7 Å². The third kappa shape index (κ3) is 5.51. The fraction of sp³-hybridized carbons (Fsp3) is 0.632. The molecule has 152 valence electrons. The highest BCUT2D eigenvalue weighted by Gasteiger charge is 2.48. The van der Waals surface area contributed by atoms with Gasteiger partial charge in [-0.05, 0) is 56.3 Å². The van der Waals surface area contributed by atoms with Gasteiger partial charge in [0.05, 0.1) is 0 Å². The molecule has 4 nitrogen and oxygen atoms in total. The molecule has 8 heteroatoms. The third-order valence-corrected chi connectivity index (χ3v) is 5.15. The summed E-state index contributed by atoms with van der Waals surface area (Å²) in [6.45, 7) is 4.54. The minimum Gasteiger partial charge on any atom is -0.405 e. The highest BCUT2D eigenvalue weighted by molar-refractivity contribution is 5.85. The van der Waals surface area contributed by atoms with Crippen molar-refractivity contribution in [1.82, 2.24) is 10.2 Å². The van der Waals surface area contributed by atoms with Gasteiger partial charge in [-0.25, -0.2) is 0 Å². The molecule has 1 N–H and O–H groups in total. The molecule has 0 spiro atoms. The second-order valence-electron chi connectivity index (χ2n) is 7.05. The second-order valence-corrected chi connectivity index (χ2v) is 7.05. The van der Waals surface area contributed by atoms with Gasteiger partial charge in [0.2, 0.25) is 5.91 Å². The SMILES string of the molecule is CCCN(C(=O)C1CC1c1ccccc1OC(F)(F)F)C1CCNCC1.Cl. The van der Waals surface area contributed by atoms with Crippen LogP contribution in [0.2, 0.25) is 0 Å². The first-order valence-electron chi connectivity index (χ1n) is 9.26. The molecule has 1 saturated heterocycles. The van der Waals surface area contributed by atoms with Crippen LogP contribution in [-0.2, 0) is 4.79 Å². The van der Waals surface area contributed by atoms with Gasteiger partial charge in [0, 0.05) is 18.5 Å². The number of nitrogens with zero attached hydrogens (tertiary/aromatic N) is 1. The summed E-state index contributed by atoms with van der Waals surface area (Å²) in [5.41, 5.74) is 0.477. The molecule has 27 heavy (non-hydrogen) atoms. The van der Waals surface area contributed by atoms with Crippen molar-refractivity contribution in [3.8, 4) is 5.75 Å². The zero-order valence-corrected chi connectivity index (χ0v) is 16.1. The van der Waals surface area contributed by atoms with E-state index < -0.39 is 6.36 Å². The number of benzene rings is 1. The van der Waals surface area contributed by atoms with Crippen LogP contribution in [0.15, 0.2) is 24.3 Å². The number of para-hydroxylation sites is 1. The van der Waals surface area contributed by atoms with E-state index in [2.05, 4.69) is 10.1 Å². The molecule has 2 unspecified atom stereocenters. The fourth-order valence-electron chi connectivity index (χ4n) is 3.86. The van der Waals surface area contributed by atoms with Gasteiger partial charge in [-0.15, -0.1) is 25.6 Å². The summed E-state index contributed by atoms with van der Waals surface area (Å²) in [5.74, 6) is -0.550. The van der Waals surface area contributed by atoms with E-state index >= 15 is 0 Å². The zero-order valence-electron chi connectivity index (χ0n) is 15.3. The van der Waals surface area contributed by atoms with Crippen LogP contribution in [0.25, 0.3) is 0 Å². The molecule has 1 aliphatic heterocycles. The molecule has 1 aromatic carbocycles. The lowest BCUT2D eigenvalue weighted by atomic mass is 10.0. The molecule has 2 atom stereocenters. The first-order chi connectivity index (χ1) is 12.4. The van der Waals surface area contributed by atoms with Gasteiger partial charge < -0.3 is 15.0 Å². The number of alkyl halides is 3. The number of carbonyl (C=O) groups excluding carboxylic acids is 1. The number of amides is 1. The highest BCUT2D eigenvalue weighted by atomic mass is 35.5. The Hall–Kier alpha value is -1.47. The summed E-state index contributed by atoms with van der Waals surface area (Å²) in [6.07, 6.45) is -1.41. The molecular weight excluding hydrogens is 381 g/mol. The van der Waals surface area contributed by atoms with Crippen molar-refractivity contribution in [2.24, 2.45) is 5.92 Å². The van der Waals surface area contributed by atoms with Crippen LogP contribution in [0.5, 0.6) is 5.75 Å². The predicted molar refractivity (Wildman–Crippen MR) is 99.1 cm³/mol. The Morgan fingerprint density at radius 3 is 2.56 bits per heavy atom. The van der Waals surface area contributed by atoms with Crippen LogP contribution in [0.3, 0.4) is 0 Å². The van der Waals surface area contributed by atoms with E-state index in [0.29, 0.717) is 18.5 Å². The lowest BCUT2D eigenvalue weighted by Crippen LogP contribution is -2.47. The molecule has 2 aliphatic rings. The molecule has 0 radical (unpaired) electrons. The maximum Gasteiger partial charge on any atom is 0.573 e. The molecule has 1 saturated carbocycles. The molecule has 0 bridgehead atoms. The van der Waals surface area contributed by atoms with Gasteiger partial charge in [0.25, 0.3) is 0 Å². The van der Waals surface area contributed by atoms with Crippen LogP contribution in [0.4, 0.5) is 13.2 Å². The van der Waals surface area contributed by atoms with Gasteiger partial charge in [-0.1, -0.05) is 25.1 Å². The Balaban J connectivity index is 0.00000261. The molecule has 3 rings (SSSR count). The molecule has 1 aliphatic carbocycles. The minimum atomic E-state index is -4.73. The quantitative estimate of drug-likeness (QED) is 0.773. The van der Waals surface area contributed by atoms with Crippen LogP contribution in [-0.4, -0.2) is 42.8 Å². The van der Waals surface area contributed by atoms with Crippen molar-refractivity contribution in [2.45, 2.75) is 50.9 Å². The predicted octanol–water partition coefficient (Wildman–Crippen LogP) is 4.10. The lowest BCUT2D eigenvalue weighted by molar-refractivity contribution is -0.274. The largest absolute Gasteiger partial charge is 0.573 e. The van der Waals surface area contributed by atoms with Crippen LogP contribution in [0.1, 0.15) is 44.1 Å². The fourth-order valence-corrected chi connectivity index (χ4v) is 3.86. The number of hydrogen-bond acceptors (Lipinski definition) is 3. The van der Waals surface area contributed by atoms with E-state index in [1.54, 1.807) is 12.1 Å². The highest BCUT2D eigenvalue weighted by Crippen LogP contribution is 2.52. The summed E-state index contributed by atoms with van der Waals surface area (Å²) in [4.78, 5) is 15.0. The van der Waals surface area contributed by atoms with E-state index in [-0.39, 0.29) is 41.9 Å². The topological polar surface area (TPSA) is 41.6 Å². The van der Waals surface area contributed by atoms with Gasteiger partial charge >= 0.3 is 6.36 Å². The maximum atomic E-state index is 13.0. The standard InChI is InChI=1S/C19H25F3N2O2.ClH/c1-2-11-24(13-7-9-23-10-8-13)18(25)16-12-15(16)14-5-3-4-6-17(14)26-19(20,21)22;/h3-6,13,15-16,23H,2,7-12H2,1H3;1H. The monoisotopic (exact) mass is 406 g/mol. The van der Waals surface area contributed by atoms with E-state index in [4.69, 9.17) is 0 Å². The third-order valence-electron chi connectivity index (χ3n) is 5.15. The molecule has 0 aromatic heterocycles. The second kappa shape index (κ2) is 9.15. The van der Waals surface area contributed by atoms with E-state index in [9.17, 15) is 18.0 Å². The maximum absolute atomic E-state index is 13.0. The minimum absolute atomic E-state index is 0. The van der Waals surface area contributed by atoms with Crippen LogP contribution >= 0.6 is 12.4 Å². The van der Waals surface area contributed by atoms with Gasteiger partial charge in [0.15, 0.2) is 0 Å². The Morgan fingerprint density at radius 1 is 1.26 bits per heavy atom. The summed E-state index contributed by atoms with van der Waals surface area (Å²) < 4.78 is 42.0. The number of piperidine rings is 1. The first-order valence-corrected chi connectivity index (χ1v) is 9.26. The van der Waals surface area contributed by atoms with Crippen LogP contribution < -0.4 is 10.1 Å². The van der Waals surface area contributed by atoms with Crippen molar-refractivity contribution >= 4 is 18.3 Å². The van der Waals surface area contributed by atoms with E-state index in [1.165, 1.54) is 12.1 Å². The normalized spacial score (nSPS) is 22.7. The van der Waals surface area contributed by atoms with E-state index in [1.807, 2.05) is 11.8 Å². The number of rotatable bonds is 6. The molecular formula is C19H26ClF3N2O2. The number of hydrogen-bond donors (Lipinski definition) is 1. The summed E-state index contributed by atoms with van der Waals surface area (Å²) >= 11 is 0. The lowest BCUT2D eigenvalue weighted by Gasteiger charge is -2.35. The van der Waals surface area contributed by atoms with Gasteiger partial charge in [0.1, 0.15) is 5.75 Å². The molecule has 1 heterocycles. The van der Waals surface area contributed by atoms with Crippen molar-refractivity contribution in [3.63, 3.8) is 0 Å².